The van der Waals surface area contributed by atoms with Crippen LogP contribution in [0.5, 0.6) is 11.5 Å². The van der Waals surface area contributed by atoms with Crippen molar-refractivity contribution < 1.29 is 9.47 Å². The second-order valence-corrected chi connectivity index (χ2v) is 7.11. The molecule has 0 unspecified atom stereocenters. The van der Waals surface area contributed by atoms with Crippen molar-refractivity contribution in [2.75, 3.05) is 6.61 Å². The van der Waals surface area contributed by atoms with Gasteiger partial charge < -0.3 is 9.47 Å². The first kappa shape index (κ1) is 19.5. The molecular formula is C22H19BrClNO2. The van der Waals surface area contributed by atoms with Crippen molar-refractivity contribution in [2.24, 2.45) is 4.99 Å². The number of aliphatic imine (C=N–C) groups is 1. The molecule has 0 N–H and O–H groups in total. The third kappa shape index (κ3) is 5.84. The fraction of sp³-hybridized carbons (Fsp3) is 0.136. The molecule has 138 valence electrons. The lowest BCUT2D eigenvalue weighted by atomic mass is 10.2. The summed E-state index contributed by atoms with van der Waals surface area (Å²) in [6.07, 6.45) is 1.78. The lowest BCUT2D eigenvalue weighted by Gasteiger charge is -2.09. The summed E-state index contributed by atoms with van der Waals surface area (Å²) in [6.45, 7) is 3.08. The lowest BCUT2D eigenvalue weighted by Crippen LogP contribution is -1.96. The molecule has 0 atom stereocenters. The van der Waals surface area contributed by atoms with Gasteiger partial charge in [-0.05, 0) is 72.6 Å². The number of halogens is 2. The molecule has 5 heteroatoms. The molecule has 27 heavy (non-hydrogen) atoms. The van der Waals surface area contributed by atoms with Crippen LogP contribution >= 0.6 is 27.5 Å². The smallest absolute Gasteiger partial charge is 0.138 e. The topological polar surface area (TPSA) is 30.8 Å². The minimum Gasteiger partial charge on any atom is -0.494 e. The maximum absolute atomic E-state index is 6.35. The summed E-state index contributed by atoms with van der Waals surface area (Å²) in [6, 6.07) is 21.3. The third-order valence-electron chi connectivity index (χ3n) is 3.77. The predicted octanol–water partition coefficient (Wildman–Crippen LogP) is 6.83. The van der Waals surface area contributed by atoms with Gasteiger partial charge in [0, 0.05) is 10.7 Å². The van der Waals surface area contributed by atoms with E-state index in [-0.39, 0.29) is 0 Å². The third-order valence-corrected chi connectivity index (χ3v) is 4.60. The predicted molar refractivity (Wildman–Crippen MR) is 115 cm³/mol. The molecule has 3 nitrogen and oxygen atoms in total. The normalized spacial score (nSPS) is 10.9. The van der Waals surface area contributed by atoms with E-state index < -0.39 is 0 Å². The van der Waals surface area contributed by atoms with Crippen LogP contribution in [0.1, 0.15) is 18.1 Å². The molecule has 0 saturated carbocycles. The lowest BCUT2D eigenvalue weighted by molar-refractivity contribution is 0.306. The van der Waals surface area contributed by atoms with Crippen molar-refractivity contribution in [2.45, 2.75) is 13.5 Å². The molecule has 3 rings (SSSR count). The molecular weight excluding hydrogens is 426 g/mol. The maximum atomic E-state index is 6.35. The Morgan fingerprint density at radius 2 is 1.70 bits per heavy atom. The average molecular weight is 445 g/mol. The fourth-order valence-corrected chi connectivity index (χ4v) is 2.91. The van der Waals surface area contributed by atoms with E-state index in [1.807, 2.05) is 73.7 Å². The Morgan fingerprint density at radius 1 is 0.963 bits per heavy atom. The van der Waals surface area contributed by atoms with Gasteiger partial charge in [-0.15, -0.1) is 0 Å². The number of nitrogens with zero attached hydrogens (tertiary/aromatic N) is 1. The fourth-order valence-electron chi connectivity index (χ4n) is 2.40. The molecule has 3 aromatic carbocycles. The van der Waals surface area contributed by atoms with E-state index in [0.29, 0.717) is 24.0 Å². The van der Waals surface area contributed by atoms with E-state index in [1.165, 1.54) is 0 Å². The van der Waals surface area contributed by atoms with Crippen LogP contribution in [-0.4, -0.2) is 12.8 Å². The Labute approximate surface area is 172 Å². The summed E-state index contributed by atoms with van der Waals surface area (Å²) >= 11 is 9.77. The van der Waals surface area contributed by atoms with E-state index in [1.54, 1.807) is 6.21 Å². The summed E-state index contributed by atoms with van der Waals surface area (Å²) in [5.41, 5.74) is 2.84. The van der Waals surface area contributed by atoms with Crippen molar-refractivity contribution >= 4 is 39.4 Å². The standard InChI is InChI=1S/C22H19BrClNO2/c1-2-26-20-10-8-19(9-11-20)25-14-17-5-12-22(21(24)13-17)27-15-16-3-6-18(23)7-4-16/h3-14H,2,15H2,1H3. The Bertz CT molecular complexity index is 909. The first-order valence-corrected chi connectivity index (χ1v) is 9.75. The monoisotopic (exact) mass is 443 g/mol. The zero-order chi connectivity index (χ0) is 19.1. The minimum absolute atomic E-state index is 0.465. The van der Waals surface area contributed by atoms with E-state index in [0.717, 1.165) is 27.0 Å². The van der Waals surface area contributed by atoms with E-state index >= 15 is 0 Å². The quantitative estimate of drug-likeness (QED) is 0.374. The molecule has 3 aromatic rings. The number of ether oxygens (including phenoxy) is 2. The second-order valence-electron chi connectivity index (χ2n) is 5.79. The minimum atomic E-state index is 0.465. The van der Waals surface area contributed by atoms with Crippen LogP contribution in [0, 0.1) is 0 Å². The summed E-state index contributed by atoms with van der Waals surface area (Å²) < 4.78 is 12.3. The zero-order valence-corrected chi connectivity index (χ0v) is 17.2. The first-order valence-electron chi connectivity index (χ1n) is 8.58. The number of hydrogen-bond donors (Lipinski definition) is 0. The van der Waals surface area contributed by atoms with Crippen molar-refractivity contribution in [3.8, 4) is 11.5 Å². The SMILES string of the molecule is CCOc1ccc(N=Cc2ccc(OCc3ccc(Br)cc3)c(Cl)c2)cc1. The van der Waals surface area contributed by atoms with Gasteiger partial charge in [-0.3, -0.25) is 4.99 Å². The first-order chi connectivity index (χ1) is 13.1. The van der Waals surface area contributed by atoms with Crippen LogP contribution in [0.2, 0.25) is 5.02 Å². The Morgan fingerprint density at radius 3 is 2.37 bits per heavy atom. The van der Waals surface area contributed by atoms with Crippen LogP contribution in [0.15, 0.2) is 76.2 Å². The molecule has 0 aromatic heterocycles. The van der Waals surface area contributed by atoms with Gasteiger partial charge in [-0.25, -0.2) is 0 Å². The van der Waals surface area contributed by atoms with Crippen LogP contribution in [0.4, 0.5) is 5.69 Å². The van der Waals surface area contributed by atoms with Crippen LogP contribution in [0.25, 0.3) is 0 Å². The van der Waals surface area contributed by atoms with Gasteiger partial charge in [0.2, 0.25) is 0 Å². The van der Waals surface area contributed by atoms with Crippen molar-refractivity contribution in [1.29, 1.82) is 0 Å². The van der Waals surface area contributed by atoms with Gasteiger partial charge in [-0.2, -0.15) is 0 Å². The van der Waals surface area contributed by atoms with Gasteiger partial charge in [0.25, 0.3) is 0 Å². The number of benzene rings is 3. The summed E-state index contributed by atoms with van der Waals surface area (Å²) in [5, 5.41) is 0.558. The Hall–Kier alpha value is -2.30. The molecule has 0 heterocycles. The van der Waals surface area contributed by atoms with Gasteiger partial charge in [-0.1, -0.05) is 39.7 Å². The van der Waals surface area contributed by atoms with E-state index in [2.05, 4.69) is 20.9 Å². The van der Waals surface area contributed by atoms with Gasteiger partial charge in [0.05, 0.1) is 17.3 Å². The highest BCUT2D eigenvalue weighted by atomic mass is 79.9. The van der Waals surface area contributed by atoms with Crippen molar-refractivity contribution in [1.82, 2.24) is 0 Å². The molecule has 0 fully saturated rings. The molecule has 0 saturated heterocycles. The summed E-state index contributed by atoms with van der Waals surface area (Å²) in [7, 11) is 0. The molecule has 0 aliphatic rings. The molecule has 0 aliphatic carbocycles. The summed E-state index contributed by atoms with van der Waals surface area (Å²) in [4.78, 5) is 4.47. The van der Waals surface area contributed by atoms with Gasteiger partial charge in [0.15, 0.2) is 0 Å². The Kier molecular flexibility index (Phi) is 6.91. The summed E-state index contributed by atoms with van der Waals surface area (Å²) in [5.74, 6) is 1.49. The van der Waals surface area contributed by atoms with Gasteiger partial charge in [0.1, 0.15) is 18.1 Å². The molecule has 0 aliphatic heterocycles. The largest absolute Gasteiger partial charge is 0.494 e. The van der Waals surface area contributed by atoms with E-state index in [9.17, 15) is 0 Å². The maximum Gasteiger partial charge on any atom is 0.138 e. The Balaban J connectivity index is 1.62. The van der Waals surface area contributed by atoms with Crippen LogP contribution in [-0.2, 0) is 6.61 Å². The van der Waals surface area contributed by atoms with Crippen LogP contribution in [0.3, 0.4) is 0 Å². The van der Waals surface area contributed by atoms with Crippen molar-refractivity contribution in [3.05, 3.63) is 87.4 Å². The number of rotatable bonds is 7. The van der Waals surface area contributed by atoms with Crippen molar-refractivity contribution in [3.63, 3.8) is 0 Å². The molecule has 0 amide bonds. The zero-order valence-electron chi connectivity index (χ0n) is 14.9. The van der Waals surface area contributed by atoms with Crippen LogP contribution < -0.4 is 9.47 Å². The highest BCUT2D eigenvalue weighted by Crippen LogP contribution is 2.26. The highest BCUT2D eigenvalue weighted by molar-refractivity contribution is 9.10. The van der Waals surface area contributed by atoms with E-state index in [4.69, 9.17) is 21.1 Å². The van der Waals surface area contributed by atoms with Gasteiger partial charge >= 0.3 is 0 Å². The molecule has 0 bridgehead atoms. The molecule has 0 radical (unpaired) electrons. The second kappa shape index (κ2) is 9.58. The average Bonchev–Trinajstić information content (AvgIpc) is 2.68. The highest BCUT2D eigenvalue weighted by Gasteiger charge is 2.03. The number of hydrogen-bond acceptors (Lipinski definition) is 3. The molecule has 0 spiro atoms.